The van der Waals surface area contributed by atoms with Crippen molar-refractivity contribution in [2.45, 2.75) is 47.5 Å². The van der Waals surface area contributed by atoms with Gasteiger partial charge in [-0.3, -0.25) is 4.79 Å². The second-order valence-corrected chi connectivity index (χ2v) is 4.64. The summed E-state index contributed by atoms with van der Waals surface area (Å²) >= 11 is 0. The van der Waals surface area contributed by atoms with Crippen LogP contribution in [0.5, 0.6) is 0 Å². The Kier molecular flexibility index (Phi) is 5.04. The molecule has 0 heterocycles. The Balaban J connectivity index is 3.82. The first kappa shape index (κ1) is 12.5. The van der Waals surface area contributed by atoms with Gasteiger partial charge in [-0.05, 0) is 5.92 Å². The molecule has 1 amide bonds. The summed E-state index contributed by atoms with van der Waals surface area (Å²) in [5.74, 6) is 0.783. The van der Waals surface area contributed by atoms with Crippen molar-refractivity contribution in [2.24, 2.45) is 11.3 Å². The average Bonchev–Trinajstić information content (AvgIpc) is 2.04. The molecule has 2 nitrogen and oxygen atoms in total. The minimum Gasteiger partial charge on any atom is -0.355 e. The number of carbonyl (C=O) groups is 1. The molecule has 0 radical (unpaired) electrons. The summed E-state index contributed by atoms with van der Waals surface area (Å²) in [6.45, 7) is 11.0. The fourth-order valence-corrected chi connectivity index (χ4v) is 1.08. The third-order valence-corrected chi connectivity index (χ3v) is 2.39. The second-order valence-electron chi connectivity index (χ2n) is 4.64. The van der Waals surface area contributed by atoms with Gasteiger partial charge in [0.15, 0.2) is 0 Å². The SMILES string of the molecule is CCC(CC)CNC(=O)C(C)(C)C. The van der Waals surface area contributed by atoms with Crippen LogP contribution in [0.15, 0.2) is 0 Å². The minimum atomic E-state index is -0.258. The van der Waals surface area contributed by atoms with Gasteiger partial charge in [0.2, 0.25) is 5.91 Å². The second kappa shape index (κ2) is 5.25. The lowest BCUT2D eigenvalue weighted by Crippen LogP contribution is -2.37. The van der Waals surface area contributed by atoms with Crippen LogP contribution in [0.4, 0.5) is 0 Å². The Morgan fingerprint density at radius 1 is 1.23 bits per heavy atom. The zero-order chi connectivity index (χ0) is 10.5. The molecule has 0 bridgehead atoms. The molecule has 0 rings (SSSR count). The smallest absolute Gasteiger partial charge is 0.225 e. The molecule has 0 aliphatic rings. The quantitative estimate of drug-likeness (QED) is 0.716. The van der Waals surface area contributed by atoms with Gasteiger partial charge in [0.1, 0.15) is 0 Å². The Morgan fingerprint density at radius 2 is 1.69 bits per heavy atom. The Bertz CT molecular complexity index is 154. The van der Waals surface area contributed by atoms with Crippen LogP contribution in [-0.4, -0.2) is 12.5 Å². The van der Waals surface area contributed by atoms with Crippen molar-refractivity contribution in [1.82, 2.24) is 5.32 Å². The Hall–Kier alpha value is -0.530. The summed E-state index contributed by atoms with van der Waals surface area (Å²) in [6.07, 6.45) is 2.28. The zero-order valence-corrected chi connectivity index (χ0v) is 9.61. The molecule has 0 unspecified atom stereocenters. The van der Waals surface area contributed by atoms with E-state index in [4.69, 9.17) is 0 Å². The Morgan fingerprint density at radius 3 is 2.00 bits per heavy atom. The van der Waals surface area contributed by atoms with Crippen molar-refractivity contribution in [3.05, 3.63) is 0 Å². The maximum absolute atomic E-state index is 11.5. The summed E-state index contributed by atoms with van der Waals surface area (Å²) in [6, 6.07) is 0. The number of carbonyl (C=O) groups excluding carboxylic acids is 1. The molecule has 13 heavy (non-hydrogen) atoms. The number of hydrogen-bond donors (Lipinski definition) is 1. The molecule has 0 aromatic carbocycles. The zero-order valence-electron chi connectivity index (χ0n) is 9.61. The van der Waals surface area contributed by atoms with E-state index in [0.717, 1.165) is 19.4 Å². The van der Waals surface area contributed by atoms with E-state index < -0.39 is 0 Å². The van der Waals surface area contributed by atoms with E-state index in [0.29, 0.717) is 5.92 Å². The lowest BCUT2D eigenvalue weighted by Gasteiger charge is -2.20. The van der Waals surface area contributed by atoms with Crippen molar-refractivity contribution in [1.29, 1.82) is 0 Å². The van der Waals surface area contributed by atoms with Gasteiger partial charge in [-0.25, -0.2) is 0 Å². The molecule has 0 atom stereocenters. The molecule has 2 heteroatoms. The van der Waals surface area contributed by atoms with E-state index in [9.17, 15) is 4.79 Å². The van der Waals surface area contributed by atoms with Gasteiger partial charge in [0, 0.05) is 12.0 Å². The summed E-state index contributed by atoms with van der Waals surface area (Å²) in [5, 5.41) is 2.99. The number of amides is 1. The van der Waals surface area contributed by atoms with Crippen molar-refractivity contribution >= 4 is 5.91 Å². The molecule has 0 aliphatic heterocycles. The third kappa shape index (κ3) is 4.91. The van der Waals surface area contributed by atoms with E-state index in [1.54, 1.807) is 0 Å². The van der Waals surface area contributed by atoms with Crippen LogP contribution in [0, 0.1) is 11.3 Å². The standard InChI is InChI=1S/C11H23NO/c1-6-9(7-2)8-12-10(13)11(3,4)5/h9H,6-8H2,1-5H3,(H,12,13). The van der Waals surface area contributed by atoms with Gasteiger partial charge in [0.05, 0.1) is 0 Å². The van der Waals surface area contributed by atoms with Crippen LogP contribution in [0.3, 0.4) is 0 Å². The van der Waals surface area contributed by atoms with Crippen molar-refractivity contribution in [3.63, 3.8) is 0 Å². The third-order valence-electron chi connectivity index (χ3n) is 2.39. The van der Waals surface area contributed by atoms with Crippen LogP contribution in [0.2, 0.25) is 0 Å². The summed E-state index contributed by atoms with van der Waals surface area (Å²) in [4.78, 5) is 11.5. The fourth-order valence-electron chi connectivity index (χ4n) is 1.08. The molecule has 0 saturated carbocycles. The van der Waals surface area contributed by atoms with Gasteiger partial charge in [-0.2, -0.15) is 0 Å². The predicted octanol–water partition coefficient (Wildman–Crippen LogP) is 2.58. The van der Waals surface area contributed by atoms with Crippen LogP contribution in [-0.2, 0) is 4.79 Å². The first-order chi connectivity index (χ1) is 5.91. The molecule has 0 aromatic heterocycles. The molecule has 0 spiro atoms. The molecule has 1 N–H and O–H groups in total. The van der Waals surface area contributed by atoms with E-state index in [-0.39, 0.29) is 11.3 Å². The molecule has 0 fully saturated rings. The van der Waals surface area contributed by atoms with Crippen LogP contribution in [0.25, 0.3) is 0 Å². The van der Waals surface area contributed by atoms with Gasteiger partial charge in [-0.15, -0.1) is 0 Å². The maximum atomic E-state index is 11.5. The number of hydrogen-bond acceptors (Lipinski definition) is 1. The number of nitrogens with one attached hydrogen (secondary N) is 1. The van der Waals surface area contributed by atoms with Crippen LogP contribution >= 0.6 is 0 Å². The van der Waals surface area contributed by atoms with E-state index in [1.807, 2.05) is 20.8 Å². The summed E-state index contributed by atoms with van der Waals surface area (Å²) in [7, 11) is 0. The highest BCUT2D eigenvalue weighted by Gasteiger charge is 2.21. The predicted molar refractivity (Wildman–Crippen MR) is 56.5 cm³/mol. The van der Waals surface area contributed by atoms with Crippen molar-refractivity contribution < 1.29 is 4.79 Å². The molecule has 78 valence electrons. The highest BCUT2D eigenvalue weighted by molar-refractivity contribution is 5.81. The highest BCUT2D eigenvalue weighted by Crippen LogP contribution is 2.13. The topological polar surface area (TPSA) is 29.1 Å². The van der Waals surface area contributed by atoms with Gasteiger partial charge >= 0.3 is 0 Å². The molecule has 0 saturated heterocycles. The first-order valence-electron chi connectivity index (χ1n) is 5.20. The van der Waals surface area contributed by atoms with Gasteiger partial charge < -0.3 is 5.32 Å². The molecular weight excluding hydrogens is 162 g/mol. The summed E-state index contributed by atoms with van der Waals surface area (Å²) in [5.41, 5.74) is -0.258. The molecule has 0 aliphatic carbocycles. The van der Waals surface area contributed by atoms with Crippen LogP contribution < -0.4 is 5.32 Å². The van der Waals surface area contributed by atoms with Crippen molar-refractivity contribution in [3.8, 4) is 0 Å². The van der Waals surface area contributed by atoms with Crippen LogP contribution in [0.1, 0.15) is 47.5 Å². The van der Waals surface area contributed by atoms with E-state index in [1.165, 1.54) is 0 Å². The monoisotopic (exact) mass is 185 g/mol. The van der Waals surface area contributed by atoms with Gasteiger partial charge in [-0.1, -0.05) is 47.5 Å². The molecular formula is C11H23NO. The number of rotatable bonds is 4. The largest absolute Gasteiger partial charge is 0.355 e. The highest BCUT2D eigenvalue weighted by atomic mass is 16.2. The normalized spacial score (nSPS) is 11.8. The maximum Gasteiger partial charge on any atom is 0.225 e. The first-order valence-corrected chi connectivity index (χ1v) is 5.20. The minimum absolute atomic E-state index is 0.152. The summed E-state index contributed by atoms with van der Waals surface area (Å²) < 4.78 is 0. The van der Waals surface area contributed by atoms with E-state index in [2.05, 4.69) is 19.2 Å². The van der Waals surface area contributed by atoms with E-state index >= 15 is 0 Å². The Labute approximate surface area is 82.1 Å². The average molecular weight is 185 g/mol. The lowest BCUT2D eigenvalue weighted by molar-refractivity contribution is -0.128. The lowest BCUT2D eigenvalue weighted by atomic mass is 9.95. The molecule has 0 aromatic rings. The fraction of sp³-hybridized carbons (Fsp3) is 0.909. The van der Waals surface area contributed by atoms with Gasteiger partial charge in [0.25, 0.3) is 0 Å². The van der Waals surface area contributed by atoms with Crippen molar-refractivity contribution in [2.75, 3.05) is 6.54 Å².